The van der Waals surface area contributed by atoms with E-state index in [9.17, 15) is 4.57 Å². The zero-order valence-electron chi connectivity index (χ0n) is 15.9. The van der Waals surface area contributed by atoms with E-state index in [1.165, 1.54) is 6.33 Å². The zero-order chi connectivity index (χ0) is 19.4. The molecule has 0 aliphatic heterocycles. The van der Waals surface area contributed by atoms with E-state index in [0.717, 1.165) is 16.7 Å². The molecule has 9 heteroatoms. The minimum absolute atomic E-state index is 0.0780. The molecular formula is C18H24N5O3P. The molecule has 3 rings (SSSR count). The van der Waals surface area contributed by atoms with E-state index in [-0.39, 0.29) is 12.4 Å². The molecule has 0 aliphatic rings. The number of nitrogens with zero attached hydrogens (tertiary/aromatic N) is 4. The van der Waals surface area contributed by atoms with Crippen molar-refractivity contribution in [2.45, 2.75) is 33.2 Å². The topological polar surface area (TPSA) is 91.2 Å². The van der Waals surface area contributed by atoms with Crippen molar-refractivity contribution < 1.29 is 13.8 Å². The molecule has 2 heterocycles. The highest BCUT2D eigenvalue weighted by Gasteiger charge is 2.17. The Hall–Kier alpha value is -2.44. The number of nitrogens with one attached hydrogen (secondary N) is 1. The van der Waals surface area contributed by atoms with Crippen molar-refractivity contribution in [2.24, 2.45) is 0 Å². The summed E-state index contributed by atoms with van der Waals surface area (Å²) in [6.07, 6.45) is 3.56. The average Bonchev–Trinajstić information content (AvgIpc) is 3.01. The SMILES string of the molecule is CCOP(C)(=O)Cn1ccc(Nc2ncnc3ccc(OC(C)C)cc23)n1. The van der Waals surface area contributed by atoms with Crippen LogP contribution in [0.25, 0.3) is 10.9 Å². The average molecular weight is 389 g/mol. The van der Waals surface area contributed by atoms with Gasteiger partial charge in [-0.05, 0) is 39.0 Å². The van der Waals surface area contributed by atoms with Gasteiger partial charge < -0.3 is 14.6 Å². The van der Waals surface area contributed by atoms with Gasteiger partial charge in [-0.3, -0.25) is 9.25 Å². The van der Waals surface area contributed by atoms with Crippen LogP contribution in [0.4, 0.5) is 11.6 Å². The number of ether oxygens (including phenoxy) is 1. The number of benzene rings is 1. The van der Waals surface area contributed by atoms with Gasteiger partial charge in [0.25, 0.3) is 0 Å². The summed E-state index contributed by atoms with van der Waals surface area (Å²) in [6, 6.07) is 7.49. The summed E-state index contributed by atoms with van der Waals surface area (Å²) in [5.41, 5.74) is 0.803. The molecular weight excluding hydrogens is 365 g/mol. The lowest BCUT2D eigenvalue weighted by Gasteiger charge is -2.12. The number of aromatic nitrogens is 4. The Morgan fingerprint density at radius 2 is 2.07 bits per heavy atom. The molecule has 1 atom stereocenters. The monoisotopic (exact) mass is 389 g/mol. The Morgan fingerprint density at radius 3 is 2.81 bits per heavy atom. The van der Waals surface area contributed by atoms with Gasteiger partial charge in [0.15, 0.2) is 5.82 Å². The first-order chi connectivity index (χ1) is 12.9. The lowest BCUT2D eigenvalue weighted by atomic mass is 10.2. The first-order valence-electron chi connectivity index (χ1n) is 8.79. The molecule has 1 aromatic carbocycles. The molecule has 8 nitrogen and oxygen atoms in total. The van der Waals surface area contributed by atoms with Crippen molar-refractivity contribution in [1.82, 2.24) is 19.7 Å². The van der Waals surface area contributed by atoms with Gasteiger partial charge in [0.05, 0.1) is 18.2 Å². The van der Waals surface area contributed by atoms with Crippen LogP contribution in [0.5, 0.6) is 5.75 Å². The summed E-state index contributed by atoms with van der Waals surface area (Å²) in [6.45, 7) is 7.80. The van der Waals surface area contributed by atoms with E-state index >= 15 is 0 Å². The van der Waals surface area contributed by atoms with Gasteiger partial charge in [-0.25, -0.2) is 9.97 Å². The number of hydrogen-bond acceptors (Lipinski definition) is 7. The van der Waals surface area contributed by atoms with Crippen molar-refractivity contribution in [3.8, 4) is 5.75 Å². The van der Waals surface area contributed by atoms with Gasteiger partial charge in [-0.15, -0.1) is 0 Å². The van der Waals surface area contributed by atoms with Crippen LogP contribution in [0.2, 0.25) is 0 Å². The maximum absolute atomic E-state index is 12.3. The van der Waals surface area contributed by atoms with Crippen molar-refractivity contribution in [3.63, 3.8) is 0 Å². The quantitative estimate of drug-likeness (QED) is 0.576. The molecule has 0 bridgehead atoms. The lowest BCUT2D eigenvalue weighted by molar-refractivity contribution is 0.243. The Bertz CT molecular complexity index is 973. The molecule has 2 aromatic heterocycles. The molecule has 3 aromatic rings. The molecule has 0 aliphatic carbocycles. The molecule has 1 N–H and O–H groups in total. The predicted octanol–water partition coefficient (Wildman–Crippen LogP) is 4.26. The van der Waals surface area contributed by atoms with E-state index in [1.807, 2.05) is 39.0 Å². The van der Waals surface area contributed by atoms with Gasteiger partial charge in [0.1, 0.15) is 24.2 Å². The molecule has 27 heavy (non-hydrogen) atoms. The molecule has 0 spiro atoms. The lowest BCUT2D eigenvalue weighted by Crippen LogP contribution is -2.06. The van der Waals surface area contributed by atoms with Crippen LogP contribution >= 0.6 is 7.37 Å². The summed E-state index contributed by atoms with van der Waals surface area (Å²) in [5.74, 6) is 1.98. The predicted molar refractivity (Wildman–Crippen MR) is 106 cm³/mol. The maximum atomic E-state index is 12.3. The molecule has 0 amide bonds. The van der Waals surface area contributed by atoms with Gasteiger partial charge in [-0.2, -0.15) is 5.10 Å². The smallest absolute Gasteiger partial charge is 0.220 e. The van der Waals surface area contributed by atoms with Crippen molar-refractivity contribution in [3.05, 3.63) is 36.8 Å². The largest absolute Gasteiger partial charge is 0.491 e. The first-order valence-corrected chi connectivity index (χ1v) is 11.0. The second-order valence-electron chi connectivity index (χ2n) is 6.51. The fraction of sp³-hybridized carbons (Fsp3) is 0.389. The minimum atomic E-state index is -2.71. The Morgan fingerprint density at radius 1 is 1.26 bits per heavy atom. The Balaban J connectivity index is 1.83. The second kappa shape index (κ2) is 8.06. The molecule has 0 fully saturated rings. The summed E-state index contributed by atoms with van der Waals surface area (Å²) < 4.78 is 25.0. The van der Waals surface area contributed by atoms with Crippen LogP contribution in [-0.2, 0) is 15.4 Å². The zero-order valence-corrected chi connectivity index (χ0v) is 16.8. The standard InChI is InChI=1S/C18H24N5O3P/c1-5-25-27(4,24)12-23-9-8-17(22-23)21-18-15-10-14(26-13(2)3)6-7-16(15)19-11-20-18/h6-11,13H,5,12H2,1-4H3,(H,19,20,21,22). The van der Waals surface area contributed by atoms with Gasteiger partial charge in [-0.1, -0.05) is 0 Å². The fourth-order valence-corrected chi connectivity index (χ4v) is 4.00. The van der Waals surface area contributed by atoms with E-state index in [1.54, 1.807) is 23.6 Å². The van der Waals surface area contributed by atoms with E-state index in [4.69, 9.17) is 9.26 Å². The van der Waals surface area contributed by atoms with Gasteiger partial charge in [0, 0.05) is 24.3 Å². The molecule has 0 saturated carbocycles. The third-order valence-corrected chi connectivity index (χ3v) is 5.28. The van der Waals surface area contributed by atoms with Crippen molar-refractivity contribution in [1.29, 1.82) is 0 Å². The summed E-state index contributed by atoms with van der Waals surface area (Å²) in [5, 5.41) is 8.44. The van der Waals surface area contributed by atoms with Crippen LogP contribution in [0, 0.1) is 0 Å². The highest BCUT2D eigenvalue weighted by molar-refractivity contribution is 7.57. The minimum Gasteiger partial charge on any atom is -0.491 e. The summed E-state index contributed by atoms with van der Waals surface area (Å²) in [4.78, 5) is 8.62. The molecule has 0 saturated heterocycles. The van der Waals surface area contributed by atoms with E-state index < -0.39 is 7.37 Å². The number of rotatable bonds is 8. The van der Waals surface area contributed by atoms with Crippen LogP contribution in [0.1, 0.15) is 20.8 Å². The first kappa shape index (κ1) is 19.3. The Labute approximate surface area is 158 Å². The number of hydrogen-bond donors (Lipinski definition) is 1. The highest BCUT2D eigenvalue weighted by atomic mass is 31.2. The maximum Gasteiger partial charge on any atom is 0.220 e. The summed E-state index contributed by atoms with van der Waals surface area (Å²) in [7, 11) is -2.71. The van der Waals surface area contributed by atoms with E-state index in [2.05, 4.69) is 20.4 Å². The van der Waals surface area contributed by atoms with Crippen molar-refractivity contribution >= 4 is 29.9 Å². The molecule has 1 unspecified atom stereocenters. The third kappa shape index (κ3) is 5.05. The third-order valence-electron chi connectivity index (χ3n) is 3.67. The van der Waals surface area contributed by atoms with Crippen LogP contribution in [0.3, 0.4) is 0 Å². The van der Waals surface area contributed by atoms with Crippen LogP contribution in [0.15, 0.2) is 36.8 Å². The normalized spacial score (nSPS) is 13.7. The van der Waals surface area contributed by atoms with E-state index in [0.29, 0.717) is 18.2 Å². The second-order valence-corrected chi connectivity index (χ2v) is 9.08. The molecule has 144 valence electrons. The summed E-state index contributed by atoms with van der Waals surface area (Å²) >= 11 is 0. The fourth-order valence-electron chi connectivity index (χ4n) is 2.69. The van der Waals surface area contributed by atoms with Gasteiger partial charge in [0.2, 0.25) is 7.37 Å². The highest BCUT2D eigenvalue weighted by Crippen LogP contribution is 2.43. The van der Waals surface area contributed by atoms with Gasteiger partial charge >= 0.3 is 0 Å². The van der Waals surface area contributed by atoms with Crippen LogP contribution < -0.4 is 10.1 Å². The van der Waals surface area contributed by atoms with Crippen molar-refractivity contribution in [2.75, 3.05) is 18.6 Å². The Kier molecular flexibility index (Phi) is 5.77. The number of fused-ring (bicyclic) bond motifs is 1. The molecule has 0 radical (unpaired) electrons. The number of anilines is 2. The van der Waals surface area contributed by atoms with Crippen LogP contribution in [-0.4, -0.2) is 39.1 Å².